The molecule has 0 amide bonds. The Labute approximate surface area is 114 Å². The van der Waals surface area contributed by atoms with E-state index in [9.17, 15) is 9.18 Å². The number of benzene rings is 1. The Bertz CT molecular complexity index is 378. The molecule has 106 valence electrons. The molecule has 0 aliphatic rings. The van der Waals surface area contributed by atoms with E-state index in [4.69, 9.17) is 4.74 Å². The molecule has 0 heterocycles. The number of hydrogen-bond donors (Lipinski definition) is 1. The van der Waals surface area contributed by atoms with Crippen LogP contribution in [0, 0.1) is 5.82 Å². The van der Waals surface area contributed by atoms with Gasteiger partial charge in [0.25, 0.3) is 0 Å². The van der Waals surface area contributed by atoms with Gasteiger partial charge in [-0.25, -0.2) is 4.39 Å². The third kappa shape index (κ3) is 5.83. The van der Waals surface area contributed by atoms with Crippen LogP contribution in [0.3, 0.4) is 0 Å². The summed E-state index contributed by atoms with van der Waals surface area (Å²) in [7, 11) is 0. The molecule has 0 saturated heterocycles. The van der Waals surface area contributed by atoms with Crippen LogP contribution < -0.4 is 5.32 Å². The molecular formula is C15H22FNO2. The summed E-state index contributed by atoms with van der Waals surface area (Å²) in [6.45, 7) is 4.92. The maximum Gasteiger partial charge on any atom is 0.323 e. The highest BCUT2D eigenvalue weighted by molar-refractivity contribution is 5.75. The third-order valence-corrected chi connectivity index (χ3v) is 2.87. The Morgan fingerprint density at radius 3 is 2.58 bits per heavy atom. The minimum Gasteiger partial charge on any atom is -0.465 e. The highest BCUT2D eigenvalue weighted by atomic mass is 19.1. The molecule has 1 rings (SSSR count). The minimum absolute atomic E-state index is 0.191. The fourth-order valence-electron chi connectivity index (χ4n) is 1.88. The van der Waals surface area contributed by atoms with E-state index in [-0.39, 0.29) is 17.8 Å². The summed E-state index contributed by atoms with van der Waals surface area (Å²) in [4.78, 5) is 11.7. The van der Waals surface area contributed by atoms with Gasteiger partial charge < -0.3 is 10.1 Å². The van der Waals surface area contributed by atoms with Crippen LogP contribution in [0.5, 0.6) is 0 Å². The minimum atomic E-state index is -0.245. The van der Waals surface area contributed by atoms with Crippen LogP contribution in [0.2, 0.25) is 0 Å². The molecule has 0 aliphatic heterocycles. The van der Waals surface area contributed by atoms with Crippen molar-refractivity contribution in [3.8, 4) is 0 Å². The fourth-order valence-corrected chi connectivity index (χ4v) is 1.88. The zero-order chi connectivity index (χ0) is 14.1. The molecule has 19 heavy (non-hydrogen) atoms. The predicted molar refractivity (Wildman–Crippen MR) is 73.4 cm³/mol. The SMILES string of the molecule is CCCC(NCCc1ccc(F)cc1)C(=O)OCC. The van der Waals surface area contributed by atoms with Gasteiger partial charge in [-0.1, -0.05) is 25.5 Å². The van der Waals surface area contributed by atoms with Crippen LogP contribution >= 0.6 is 0 Å². The van der Waals surface area contributed by atoms with Gasteiger partial charge in [0, 0.05) is 0 Å². The first kappa shape index (κ1) is 15.6. The van der Waals surface area contributed by atoms with E-state index in [1.165, 1.54) is 12.1 Å². The van der Waals surface area contributed by atoms with Crippen molar-refractivity contribution >= 4 is 5.97 Å². The van der Waals surface area contributed by atoms with E-state index in [1.54, 1.807) is 19.1 Å². The number of ether oxygens (including phenoxy) is 1. The number of esters is 1. The lowest BCUT2D eigenvalue weighted by molar-refractivity contribution is -0.145. The van der Waals surface area contributed by atoms with Crippen molar-refractivity contribution in [2.45, 2.75) is 39.2 Å². The van der Waals surface area contributed by atoms with Crippen LogP contribution in [0.4, 0.5) is 4.39 Å². The van der Waals surface area contributed by atoms with Gasteiger partial charge in [0.2, 0.25) is 0 Å². The monoisotopic (exact) mass is 267 g/mol. The Morgan fingerprint density at radius 1 is 1.32 bits per heavy atom. The molecule has 1 aromatic carbocycles. The van der Waals surface area contributed by atoms with Crippen LogP contribution in [-0.2, 0) is 16.0 Å². The van der Waals surface area contributed by atoms with Gasteiger partial charge >= 0.3 is 5.97 Å². The van der Waals surface area contributed by atoms with Crippen LogP contribution in [0.1, 0.15) is 32.3 Å². The van der Waals surface area contributed by atoms with E-state index < -0.39 is 0 Å². The lowest BCUT2D eigenvalue weighted by atomic mass is 10.1. The maximum absolute atomic E-state index is 12.8. The molecule has 0 spiro atoms. The molecule has 0 radical (unpaired) electrons. The van der Waals surface area contributed by atoms with Crippen LogP contribution in [0.25, 0.3) is 0 Å². The Balaban J connectivity index is 2.39. The maximum atomic E-state index is 12.8. The summed E-state index contributed by atoms with van der Waals surface area (Å²) >= 11 is 0. The first-order valence-electron chi connectivity index (χ1n) is 6.81. The van der Waals surface area contributed by atoms with Gasteiger partial charge in [-0.2, -0.15) is 0 Å². The first-order valence-corrected chi connectivity index (χ1v) is 6.81. The van der Waals surface area contributed by atoms with E-state index in [0.717, 1.165) is 24.8 Å². The molecule has 1 atom stereocenters. The van der Waals surface area contributed by atoms with E-state index >= 15 is 0 Å². The topological polar surface area (TPSA) is 38.3 Å². The molecule has 0 aliphatic carbocycles. The Kier molecular flexibility index (Phi) is 7.11. The summed E-state index contributed by atoms with van der Waals surface area (Å²) in [5.41, 5.74) is 1.05. The first-order chi connectivity index (χ1) is 9.17. The third-order valence-electron chi connectivity index (χ3n) is 2.87. The van der Waals surface area contributed by atoms with Crippen molar-refractivity contribution in [2.75, 3.05) is 13.2 Å². The number of nitrogens with one attached hydrogen (secondary N) is 1. The summed E-state index contributed by atoms with van der Waals surface area (Å²) in [6.07, 6.45) is 2.45. The average Bonchev–Trinajstić information content (AvgIpc) is 2.40. The van der Waals surface area contributed by atoms with E-state index in [1.807, 2.05) is 6.92 Å². The molecule has 0 saturated carbocycles. The highest BCUT2D eigenvalue weighted by Crippen LogP contribution is 2.04. The largest absolute Gasteiger partial charge is 0.465 e. The van der Waals surface area contributed by atoms with Gasteiger partial charge in [0.15, 0.2) is 0 Å². The molecule has 4 heteroatoms. The zero-order valence-corrected chi connectivity index (χ0v) is 11.6. The molecule has 3 nitrogen and oxygen atoms in total. The molecule has 1 aromatic rings. The van der Waals surface area contributed by atoms with Crippen molar-refractivity contribution in [3.63, 3.8) is 0 Å². The predicted octanol–water partition coefficient (Wildman–Crippen LogP) is 2.69. The van der Waals surface area contributed by atoms with Gasteiger partial charge in [-0.05, 0) is 44.0 Å². The number of carbonyl (C=O) groups excluding carboxylic acids is 1. The lowest BCUT2D eigenvalue weighted by Crippen LogP contribution is -2.39. The summed E-state index contributed by atoms with van der Waals surface area (Å²) in [5.74, 6) is -0.421. The van der Waals surface area contributed by atoms with Gasteiger partial charge in [0.05, 0.1) is 6.61 Å². The quantitative estimate of drug-likeness (QED) is 0.736. The van der Waals surface area contributed by atoms with Crippen molar-refractivity contribution < 1.29 is 13.9 Å². The second-order valence-corrected chi connectivity index (χ2v) is 4.42. The molecule has 0 aromatic heterocycles. The second-order valence-electron chi connectivity index (χ2n) is 4.42. The van der Waals surface area contributed by atoms with Gasteiger partial charge in [0.1, 0.15) is 11.9 Å². The summed E-state index contributed by atoms with van der Waals surface area (Å²) in [5, 5.41) is 3.20. The normalized spacial score (nSPS) is 12.2. The van der Waals surface area contributed by atoms with Crippen molar-refractivity contribution in [3.05, 3.63) is 35.6 Å². The Morgan fingerprint density at radius 2 is 2.00 bits per heavy atom. The van der Waals surface area contributed by atoms with Crippen molar-refractivity contribution in [2.24, 2.45) is 0 Å². The summed E-state index contributed by atoms with van der Waals surface area (Å²) in [6, 6.07) is 6.17. The van der Waals surface area contributed by atoms with E-state index in [2.05, 4.69) is 5.32 Å². The molecule has 0 fully saturated rings. The van der Waals surface area contributed by atoms with Crippen molar-refractivity contribution in [1.82, 2.24) is 5.32 Å². The number of rotatable bonds is 8. The molecule has 1 N–H and O–H groups in total. The fraction of sp³-hybridized carbons (Fsp3) is 0.533. The molecule has 0 bridgehead atoms. The highest BCUT2D eigenvalue weighted by Gasteiger charge is 2.17. The number of carbonyl (C=O) groups is 1. The van der Waals surface area contributed by atoms with Gasteiger partial charge in [-0.15, -0.1) is 0 Å². The zero-order valence-electron chi connectivity index (χ0n) is 11.6. The standard InChI is InChI=1S/C15H22FNO2/c1-3-5-14(15(18)19-4-2)17-11-10-12-6-8-13(16)9-7-12/h6-9,14,17H,3-5,10-11H2,1-2H3. The van der Waals surface area contributed by atoms with Crippen LogP contribution in [0.15, 0.2) is 24.3 Å². The van der Waals surface area contributed by atoms with Gasteiger partial charge in [-0.3, -0.25) is 4.79 Å². The summed E-state index contributed by atoms with van der Waals surface area (Å²) < 4.78 is 17.8. The smallest absolute Gasteiger partial charge is 0.323 e. The Hall–Kier alpha value is -1.42. The number of halogens is 1. The van der Waals surface area contributed by atoms with E-state index in [0.29, 0.717) is 13.2 Å². The molecule has 1 unspecified atom stereocenters. The molecular weight excluding hydrogens is 245 g/mol. The average molecular weight is 267 g/mol. The lowest BCUT2D eigenvalue weighted by Gasteiger charge is -2.16. The van der Waals surface area contributed by atoms with Crippen molar-refractivity contribution in [1.29, 1.82) is 0 Å². The second kappa shape index (κ2) is 8.64. The number of hydrogen-bond acceptors (Lipinski definition) is 3. The van der Waals surface area contributed by atoms with Crippen LogP contribution in [-0.4, -0.2) is 25.2 Å².